The first-order valence-corrected chi connectivity index (χ1v) is 10.4. The first-order valence-electron chi connectivity index (χ1n) is 10.4. The zero-order valence-electron chi connectivity index (χ0n) is 17.6. The Balaban J connectivity index is 1.55. The van der Waals surface area contributed by atoms with E-state index in [1.807, 2.05) is 6.07 Å². The average Bonchev–Trinajstić information content (AvgIpc) is 2.75. The van der Waals surface area contributed by atoms with Crippen molar-refractivity contribution >= 4 is 35.0 Å². The van der Waals surface area contributed by atoms with Crippen LogP contribution in [0.5, 0.6) is 0 Å². The van der Waals surface area contributed by atoms with E-state index in [1.165, 1.54) is 6.20 Å². The number of nitrogens with zero attached hydrogens (tertiary/aromatic N) is 3. The van der Waals surface area contributed by atoms with Crippen LogP contribution in [0.25, 0.3) is 0 Å². The first kappa shape index (κ1) is 20.8. The number of anilines is 3. The Morgan fingerprint density at radius 2 is 2.00 bits per heavy atom. The Morgan fingerprint density at radius 1 is 1.19 bits per heavy atom. The summed E-state index contributed by atoms with van der Waals surface area (Å²) < 4.78 is 0. The van der Waals surface area contributed by atoms with Gasteiger partial charge in [-0.25, -0.2) is 9.97 Å². The monoisotopic (exact) mass is 422 g/mol. The van der Waals surface area contributed by atoms with E-state index in [-0.39, 0.29) is 11.9 Å². The highest BCUT2D eigenvalue weighted by Gasteiger charge is 2.35. The number of aryl methyl sites for hydroxylation is 2. The van der Waals surface area contributed by atoms with Gasteiger partial charge in [-0.1, -0.05) is 6.92 Å². The number of carbonyl (C=O) groups excluding carboxylic acids is 3. The molecule has 2 atom stereocenters. The Bertz CT molecular complexity index is 1050. The van der Waals surface area contributed by atoms with Gasteiger partial charge in [-0.15, -0.1) is 0 Å². The van der Waals surface area contributed by atoms with Crippen LogP contribution in [-0.4, -0.2) is 39.1 Å². The molecule has 4 heterocycles. The number of piperidine rings is 1. The predicted molar refractivity (Wildman–Crippen MR) is 116 cm³/mol. The normalized spacial score (nSPS) is 20.6. The predicted octanol–water partition coefficient (Wildman–Crippen LogP) is 2.19. The van der Waals surface area contributed by atoms with Gasteiger partial charge in [-0.2, -0.15) is 0 Å². The molecule has 2 aromatic heterocycles. The van der Waals surface area contributed by atoms with E-state index in [2.05, 4.69) is 27.5 Å². The third-order valence-electron chi connectivity index (χ3n) is 5.90. The first-order chi connectivity index (χ1) is 14.8. The highest BCUT2D eigenvalue weighted by molar-refractivity contribution is 6.39. The molecular weight excluding hydrogens is 396 g/mol. The minimum atomic E-state index is -0.705. The van der Waals surface area contributed by atoms with E-state index in [4.69, 9.17) is 5.73 Å². The van der Waals surface area contributed by atoms with Crippen LogP contribution in [0.3, 0.4) is 0 Å². The molecule has 4 rings (SSSR count). The number of fused-ring (bicyclic) bond motifs is 1. The standard InChI is InChI=1S/C22H26N6O3/c1-12-3-5-17(15-8-14-4-6-18(29)27-20(14)25-9-15)28(11-12)22(31)21(30)26-16-7-13(2)19(23)24-10-16/h7-10,12,17H,3-6,11H2,1-2H3,(H2,23,24)(H,26,30)(H,25,27,29)/t12-,17+/m1/s1. The van der Waals surface area contributed by atoms with Gasteiger partial charge < -0.3 is 21.3 Å². The van der Waals surface area contributed by atoms with Crippen LogP contribution < -0.4 is 16.4 Å². The van der Waals surface area contributed by atoms with Crippen LogP contribution in [0, 0.1) is 12.8 Å². The van der Waals surface area contributed by atoms with Crippen LogP contribution >= 0.6 is 0 Å². The molecule has 0 radical (unpaired) electrons. The molecule has 2 aliphatic heterocycles. The Labute approximate surface area is 180 Å². The summed E-state index contributed by atoms with van der Waals surface area (Å²) in [5.74, 6) is -0.0879. The number of rotatable bonds is 2. The van der Waals surface area contributed by atoms with Crippen LogP contribution in [0.2, 0.25) is 0 Å². The highest BCUT2D eigenvalue weighted by atomic mass is 16.2. The summed E-state index contributed by atoms with van der Waals surface area (Å²) in [5.41, 5.74) is 8.71. The molecule has 0 aliphatic carbocycles. The summed E-state index contributed by atoms with van der Waals surface area (Å²) in [6.07, 6.45) is 5.85. The number of aromatic nitrogens is 2. The van der Waals surface area contributed by atoms with E-state index >= 15 is 0 Å². The molecule has 2 aromatic rings. The molecule has 0 saturated carbocycles. The minimum Gasteiger partial charge on any atom is -0.383 e. The van der Waals surface area contributed by atoms with Crippen LogP contribution in [0.15, 0.2) is 24.5 Å². The van der Waals surface area contributed by atoms with E-state index in [0.717, 1.165) is 29.5 Å². The van der Waals surface area contributed by atoms with Gasteiger partial charge in [0.2, 0.25) is 5.91 Å². The van der Waals surface area contributed by atoms with Crippen molar-refractivity contribution in [2.24, 2.45) is 5.92 Å². The number of pyridine rings is 2. The molecule has 0 unspecified atom stereocenters. The molecule has 1 fully saturated rings. The van der Waals surface area contributed by atoms with E-state index in [9.17, 15) is 14.4 Å². The molecule has 0 aromatic carbocycles. The third kappa shape index (κ3) is 4.35. The number of likely N-dealkylation sites (tertiary alicyclic amines) is 1. The van der Waals surface area contributed by atoms with Crippen molar-refractivity contribution in [2.75, 3.05) is 22.9 Å². The molecule has 3 amide bonds. The van der Waals surface area contributed by atoms with Crippen LogP contribution in [0.1, 0.15) is 48.9 Å². The van der Waals surface area contributed by atoms with Gasteiger partial charge in [0.15, 0.2) is 0 Å². The second-order valence-corrected chi connectivity index (χ2v) is 8.36. The minimum absolute atomic E-state index is 0.0416. The lowest BCUT2D eigenvalue weighted by atomic mass is 9.89. The zero-order valence-corrected chi connectivity index (χ0v) is 17.6. The van der Waals surface area contributed by atoms with E-state index < -0.39 is 11.8 Å². The second kappa shape index (κ2) is 8.33. The lowest BCUT2D eigenvalue weighted by Crippen LogP contribution is -2.46. The summed E-state index contributed by atoms with van der Waals surface area (Å²) in [7, 11) is 0. The number of amides is 3. The van der Waals surface area contributed by atoms with Crippen molar-refractivity contribution in [2.45, 2.75) is 45.6 Å². The largest absolute Gasteiger partial charge is 0.383 e. The maximum Gasteiger partial charge on any atom is 0.313 e. The molecule has 1 saturated heterocycles. The van der Waals surface area contributed by atoms with Crippen molar-refractivity contribution < 1.29 is 14.4 Å². The number of nitrogens with one attached hydrogen (secondary N) is 2. The third-order valence-corrected chi connectivity index (χ3v) is 5.90. The van der Waals surface area contributed by atoms with Gasteiger partial charge in [0.05, 0.1) is 17.9 Å². The fourth-order valence-electron chi connectivity index (χ4n) is 4.15. The smallest absolute Gasteiger partial charge is 0.313 e. The van der Waals surface area contributed by atoms with Crippen molar-refractivity contribution in [1.82, 2.24) is 14.9 Å². The quantitative estimate of drug-likeness (QED) is 0.636. The summed E-state index contributed by atoms with van der Waals surface area (Å²) in [4.78, 5) is 47.5. The molecule has 9 nitrogen and oxygen atoms in total. The summed E-state index contributed by atoms with van der Waals surface area (Å²) in [6.45, 7) is 4.35. The fraction of sp³-hybridized carbons (Fsp3) is 0.409. The molecule has 162 valence electrons. The second-order valence-electron chi connectivity index (χ2n) is 8.36. The maximum absolute atomic E-state index is 13.1. The number of nitrogen functional groups attached to an aromatic ring is 1. The molecule has 0 spiro atoms. The molecule has 0 bridgehead atoms. The molecule has 31 heavy (non-hydrogen) atoms. The van der Waals surface area contributed by atoms with Crippen molar-refractivity contribution in [3.05, 3.63) is 41.2 Å². The van der Waals surface area contributed by atoms with Crippen LogP contribution in [-0.2, 0) is 20.8 Å². The fourth-order valence-corrected chi connectivity index (χ4v) is 4.15. The maximum atomic E-state index is 13.1. The Kier molecular flexibility index (Phi) is 5.58. The van der Waals surface area contributed by atoms with Crippen molar-refractivity contribution in [3.8, 4) is 0 Å². The summed E-state index contributed by atoms with van der Waals surface area (Å²) in [5, 5.41) is 5.41. The summed E-state index contributed by atoms with van der Waals surface area (Å²) >= 11 is 0. The molecule has 9 heteroatoms. The van der Waals surface area contributed by atoms with Gasteiger partial charge in [-0.05, 0) is 60.9 Å². The molecule has 2 aliphatic rings. The van der Waals surface area contributed by atoms with Crippen molar-refractivity contribution in [3.63, 3.8) is 0 Å². The Hall–Kier alpha value is -3.49. The van der Waals surface area contributed by atoms with Gasteiger partial charge >= 0.3 is 11.8 Å². The van der Waals surface area contributed by atoms with Crippen molar-refractivity contribution in [1.29, 1.82) is 0 Å². The lowest BCUT2D eigenvalue weighted by molar-refractivity contribution is -0.146. The number of hydrogen-bond acceptors (Lipinski definition) is 6. The van der Waals surface area contributed by atoms with Gasteiger partial charge in [0.25, 0.3) is 0 Å². The van der Waals surface area contributed by atoms with Gasteiger partial charge in [-0.3, -0.25) is 14.4 Å². The number of nitrogens with two attached hydrogens (primary N) is 1. The molecule has 4 N–H and O–H groups in total. The SMILES string of the molecule is Cc1cc(NC(=O)C(=O)N2C[C@H](C)CC[C@H]2c2cnc3c(c2)CCC(=O)N3)cnc1N. The van der Waals surface area contributed by atoms with E-state index in [0.29, 0.717) is 42.6 Å². The molecular formula is C22H26N6O3. The summed E-state index contributed by atoms with van der Waals surface area (Å²) in [6, 6.07) is 3.44. The van der Waals surface area contributed by atoms with Gasteiger partial charge in [0, 0.05) is 19.2 Å². The zero-order chi connectivity index (χ0) is 22.1. The number of carbonyl (C=O) groups is 3. The number of hydrogen-bond donors (Lipinski definition) is 3. The Morgan fingerprint density at radius 3 is 2.77 bits per heavy atom. The van der Waals surface area contributed by atoms with Gasteiger partial charge in [0.1, 0.15) is 11.6 Å². The topological polar surface area (TPSA) is 130 Å². The van der Waals surface area contributed by atoms with E-state index in [1.54, 1.807) is 24.1 Å². The van der Waals surface area contributed by atoms with Crippen LogP contribution in [0.4, 0.5) is 17.3 Å². The highest BCUT2D eigenvalue weighted by Crippen LogP contribution is 2.35. The lowest BCUT2D eigenvalue weighted by Gasteiger charge is -2.38. The average molecular weight is 422 g/mol.